The quantitative estimate of drug-likeness (QED) is 0.645. The van der Waals surface area contributed by atoms with Crippen LogP contribution in [0.5, 0.6) is 11.5 Å². The average Bonchev–Trinajstić information content (AvgIpc) is 2.68. The third-order valence-electron chi connectivity index (χ3n) is 3.66. The Bertz CT molecular complexity index is 844. The zero-order valence-electron chi connectivity index (χ0n) is 13.9. The second-order valence-electron chi connectivity index (χ2n) is 5.42. The van der Waals surface area contributed by atoms with E-state index in [0.29, 0.717) is 0 Å². The first-order valence-electron chi connectivity index (χ1n) is 7.91. The van der Waals surface area contributed by atoms with Crippen LogP contribution in [0.1, 0.15) is 5.56 Å². The number of amides is 1. The number of aromatic nitrogens is 1. The number of hydrogen-bond donors (Lipinski definition) is 0. The van der Waals surface area contributed by atoms with E-state index in [1.165, 1.54) is 0 Å². The molecule has 0 aliphatic rings. The molecule has 0 saturated heterocycles. The summed E-state index contributed by atoms with van der Waals surface area (Å²) in [6, 6.07) is 20.7. The van der Waals surface area contributed by atoms with Gasteiger partial charge in [0.05, 0.1) is 0 Å². The number of likely N-dealkylation sites (N-methyl/N-ethyl adjacent to an activating group) is 1. The smallest absolute Gasteiger partial charge is 0.250 e. The molecule has 4 nitrogen and oxygen atoms in total. The summed E-state index contributed by atoms with van der Waals surface area (Å²) in [5.74, 6) is 1.40. The Morgan fingerprint density at radius 1 is 0.920 bits per heavy atom. The van der Waals surface area contributed by atoms with Crippen LogP contribution in [0.25, 0.3) is 6.08 Å². The first kappa shape index (κ1) is 16.5. The summed E-state index contributed by atoms with van der Waals surface area (Å²) in [6.45, 7) is 0. The maximum absolute atomic E-state index is 12.3. The van der Waals surface area contributed by atoms with E-state index in [1.54, 1.807) is 36.5 Å². The molecule has 124 valence electrons. The number of carbonyl (C=O) groups is 1. The van der Waals surface area contributed by atoms with E-state index in [4.69, 9.17) is 4.74 Å². The van der Waals surface area contributed by atoms with Crippen molar-refractivity contribution < 1.29 is 9.53 Å². The van der Waals surface area contributed by atoms with E-state index >= 15 is 0 Å². The molecule has 0 aliphatic heterocycles. The van der Waals surface area contributed by atoms with Gasteiger partial charge in [0.15, 0.2) is 0 Å². The molecular weight excluding hydrogens is 312 g/mol. The van der Waals surface area contributed by atoms with Crippen molar-refractivity contribution in [3.8, 4) is 11.5 Å². The number of benzene rings is 2. The predicted molar refractivity (Wildman–Crippen MR) is 99.6 cm³/mol. The normalized spacial score (nSPS) is 10.6. The second kappa shape index (κ2) is 7.93. The summed E-state index contributed by atoms with van der Waals surface area (Å²) < 4.78 is 5.76. The van der Waals surface area contributed by atoms with Crippen LogP contribution in [0.3, 0.4) is 0 Å². The minimum Gasteiger partial charge on any atom is -0.457 e. The van der Waals surface area contributed by atoms with Gasteiger partial charge in [-0.25, -0.2) is 0 Å². The summed E-state index contributed by atoms with van der Waals surface area (Å²) >= 11 is 0. The molecule has 0 fully saturated rings. The predicted octanol–water partition coefficient (Wildman–Crippen LogP) is 4.55. The fourth-order valence-corrected chi connectivity index (χ4v) is 2.24. The van der Waals surface area contributed by atoms with Crippen LogP contribution in [0, 0.1) is 0 Å². The van der Waals surface area contributed by atoms with E-state index in [-0.39, 0.29) is 5.91 Å². The lowest BCUT2D eigenvalue weighted by Crippen LogP contribution is -2.23. The molecule has 1 amide bonds. The number of hydrogen-bond acceptors (Lipinski definition) is 3. The third kappa shape index (κ3) is 4.54. The summed E-state index contributed by atoms with van der Waals surface area (Å²) in [5.41, 5.74) is 1.73. The highest BCUT2D eigenvalue weighted by atomic mass is 16.5. The van der Waals surface area contributed by atoms with E-state index < -0.39 is 0 Å². The van der Waals surface area contributed by atoms with Gasteiger partial charge in [0.2, 0.25) is 0 Å². The highest BCUT2D eigenvalue weighted by Crippen LogP contribution is 2.24. The Morgan fingerprint density at radius 3 is 2.24 bits per heavy atom. The maximum Gasteiger partial charge on any atom is 0.250 e. The third-order valence-corrected chi connectivity index (χ3v) is 3.66. The molecule has 0 saturated carbocycles. The van der Waals surface area contributed by atoms with E-state index in [2.05, 4.69) is 4.98 Å². The molecule has 3 rings (SSSR count). The van der Waals surface area contributed by atoms with Crippen molar-refractivity contribution in [3.63, 3.8) is 0 Å². The van der Waals surface area contributed by atoms with Crippen molar-refractivity contribution in [2.45, 2.75) is 0 Å². The Balaban J connectivity index is 1.65. The van der Waals surface area contributed by atoms with Crippen LogP contribution < -0.4 is 9.64 Å². The molecule has 0 unspecified atom stereocenters. The zero-order chi connectivity index (χ0) is 17.5. The van der Waals surface area contributed by atoms with Gasteiger partial charge >= 0.3 is 0 Å². The molecule has 1 aromatic heterocycles. The van der Waals surface area contributed by atoms with E-state index in [9.17, 15) is 4.79 Å². The summed E-state index contributed by atoms with van der Waals surface area (Å²) in [7, 11) is 1.74. The van der Waals surface area contributed by atoms with Gasteiger partial charge in [-0.2, -0.15) is 0 Å². The lowest BCUT2D eigenvalue weighted by atomic mass is 10.2. The molecule has 3 aromatic rings. The topological polar surface area (TPSA) is 42.4 Å². The van der Waals surface area contributed by atoms with Crippen molar-refractivity contribution >= 4 is 17.7 Å². The second-order valence-corrected chi connectivity index (χ2v) is 5.42. The highest BCUT2D eigenvalue weighted by Gasteiger charge is 2.08. The number of nitrogens with zero attached hydrogens (tertiary/aromatic N) is 2. The molecule has 0 spiro atoms. The van der Waals surface area contributed by atoms with Crippen LogP contribution in [0.15, 0.2) is 85.2 Å². The van der Waals surface area contributed by atoms with Crippen molar-refractivity contribution in [2.24, 2.45) is 0 Å². The molecule has 2 aromatic carbocycles. The number of anilines is 1. The van der Waals surface area contributed by atoms with E-state index in [1.807, 2.05) is 66.7 Å². The van der Waals surface area contributed by atoms with Gasteiger partial charge in [-0.1, -0.05) is 18.2 Å². The molecule has 0 bridgehead atoms. The van der Waals surface area contributed by atoms with Crippen LogP contribution >= 0.6 is 0 Å². The van der Waals surface area contributed by atoms with Gasteiger partial charge in [-0.3, -0.25) is 9.78 Å². The van der Waals surface area contributed by atoms with Gasteiger partial charge in [0.1, 0.15) is 11.5 Å². The SMILES string of the molecule is CN(C(=O)/C=C/c1ccncc1)c1ccc(Oc2ccccc2)cc1. The number of ether oxygens (including phenoxy) is 1. The first-order valence-corrected chi connectivity index (χ1v) is 7.91. The summed E-state index contributed by atoms with van der Waals surface area (Å²) in [6.07, 6.45) is 6.70. The monoisotopic (exact) mass is 330 g/mol. The molecule has 1 heterocycles. The van der Waals surface area contributed by atoms with Gasteiger partial charge in [-0.15, -0.1) is 0 Å². The van der Waals surface area contributed by atoms with Crippen molar-refractivity contribution in [2.75, 3.05) is 11.9 Å². The lowest BCUT2D eigenvalue weighted by Gasteiger charge is -2.16. The molecule has 0 atom stereocenters. The highest BCUT2D eigenvalue weighted by molar-refractivity contribution is 6.03. The van der Waals surface area contributed by atoms with Crippen LogP contribution in [0.4, 0.5) is 5.69 Å². The molecule has 0 radical (unpaired) electrons. The lowest BCUT2D eigenvalue weighted by molar-refractivity contribution is -0.113. The summed E-state index contributed by atoms with van der Waals surface area (Å²) in [5, 5.41) is 0. The molecule has 0 aliphatic carbocycles. The largest absolute Gasteiger partial charge is 0.457 e. The number of pyridine rings is 1. The van der Waals surface area contributed by atoms with Crippen LogP contribution in [-0.2, 0) is 4.79 Å². The fourth-order valence-electron chi connectivity index (χ4n) is 2.24. The Kier molecular flexibility index (Phi) is 5.22. The Labute approximate surface area is 147 Å². The van der Waals surface area contributed by atoms with Gasteiger partial charge < -0.3 is 9.64 Å². The maximum atomic E-state index is 12.3. The average molecular weight is 330 g/mol. The van der Waals surface area contributed by atoms with Crippen molar-refractivity contribution in [1.82, 2.24) is 4.98 Å². The van der Waals surface area contributed by atoms with Gasteiger partial charge in [-0.05, 0) is 60.2 Å². The number of carbonyl (C=O) groups excluding carboxylic acids is 1. The number of rotatable bonds is 5. The minimum atomic E-state index is -0.103. The summed E-state index contributed by atoms with van der Waals surface area (Å²) in [4.78, 5) is 17.8. The van der Waals surface area contributed by atoms with Crippen molar-refractivity contribution in [1.29, 1.82) is 0 Å². The molecular formula is C21H18N2O2. The van der Waals surface area contributed by atoms with Crippen molar-refractivity contribution in [3.05, 3.63) is 90.8 Å². The Morgan fingerprint density at radius 2 is 1.56 bits per heavy atom. The first-order chi connectivity index (χ1) is 12.2. The standard InChI is InChI=1S/C21H18N2O2/c1-23(21(24)12-7-17-13-15-22-16-14-17)18-8-10-20(11-9-18)25-19-5-3-2-4-6-19/h2-16H,1H3/b12-7+. The zero-order valence-corrected chi connectivity index (χ0v) is 13.9. The fraction of sp³-hybridized carbons (Fsp3) is 0.0476. The molecule has 0 N–H and O–H groups in total. The Hall–Kier alpha value is -3.40. The van der Waals surface area contributed by atoms with Crippen LogP contribution in [-0.4, -0.2) is 17.9 Å². The van der Waals surface area contributed by atoms with Gasteiger partial charge in [0, 0.05) is 31.2 Å². The van der Waals surface area contributed by atoms with Gasteiger partial charge in [0.25, 0.3) is 5.91 Å². The number of para-hydroxylation sites is 1. The molecule has 4 heteroatoms. The van der Waals surface area contributed by atoms with E-state index in [0.717, 1.165) is 22.7 Å². The molecule has 25 heavy (non-hydrogen) atoms. The minimum absolute atomic E-state index is 0.103. The van der Waals surface area contributed by atoms with Crippen LogP contribution in [0.2, 0.25) is 0 Å².